The van der Waals surface area contributed by atoms with Gasteiger partial charge in [0.05, 0.1) is 0 Å². The summed E-state index contributed by atoms with van der Waals surface area (Å²) < 4.78 is 94.8. The van der Waals surface area contributed by atoms with Crippen LogP contribution >= 0.6 is 0 Å². The van der Waals surface area contributed by atoms with Crippen LogP contribution in [0, 0.1) is 0 Å². The summed E-state index contributed by atoms with van der Waals surface area (Å²) in [5.41, 5.74) is 0. The van der Waals surface area contributed by atoms with Gasteiger partial charge in [-0.3, -0.25) is 27.3 Å². The molecule has 0 spiro atoms. The van der Waals surface area contributed by atoms with E-state index in [0.29, 0.717) is 0 Å². The Balaban J connectivity index is -0.00000000889. The second kappa shape index (κ2) is 22.9. The average molecular weight is 426 g/mol. The van der Waals surface area contributed by atoms with Crippen LogP contribution in [0.4, 0.5) is 0 Å². The van der Waals surface area contributed by atoms with Gasteiger partial charge in [-0.05, 0) is 0 Å². The van der Waals surface area contributed by atoms with Crippen molar-refractivity contribution in [1.29, 1.82) is 0 Å². The maximum atomic E-state index is 8.74. The Morgan fingerprint density at radius 2 is 0.429 bits per heavy atom. The van der Waals surface area contributed by atoms with E-state index in [1.54, 1.807) is 0 Å². The van der Waals surface area contributed by atoms with Crippen molar-refractivity contribution in [3.8, 4) is 0 Å². The van der Waals surface area contributed by atoms with E-state index < -0.39 is 31.2 Å². The summed E-state index contributed by atoms with van der Waals surface area (Å²) in [5, 5.41) is 0. The molecule has 0 unspecified atom stereocenters. The van der Waals surface area contributed by atoms with E-state index in [1.165, 1.54) is 0 Å². The predicted molar refractivity (Wildman–Crippen MR) is 68.6 cm³/mol. The Hall–Kier alpha value is 0.670. The van der Waals surface area contributed by atoms with Crippen LogP contribution in [-0.4, -0.2) is 118 Å². The van der Waals surface area contributed by atoms with Crippen molar-refractivity contribution in [1.82, 2.24) is 0 Å². The molecule has 140 valence electrons. The molecule has 21 heavy (non-hydrogen) atoms. The van der Waals surface area contributed by atoms with Crippen LogP contribution in [-0.2, 0) is 31.2 Å². The molecule has 0 atom stereocenters. The third-order valence-electron chi connectivity index (χ3n) is 0. The van der Waals surface area contributed by atoms with Crippen molar-refractivity contribution in [2.24, 2.45) is 0 Å². The van der Waals surface area contributed by atoms with Gasteiger partial charge in [0.15, 0.2) is 0 Å². The molecule has 0 aliphatic carbocycles. The van der Waals surface area contributed by atoms with Gasteiger partial charge in [0, 0.05) is 0 Å². The minimum absolute atomic E-state index is 0. The van der Waals surface area contributed by atoms with Gasteiger partial charge in [-0.15, -0.1) is 0 Å². The van der Waals surface area contributed by atoms with Gasteiger partial charge >= 0.3 is 68.9 Å². The standard InChI is InChI=1S/Ca.3H2O4S.5H2O.2H/c;3*1-5(2,3)4;;;;;;;/h;3*(H2,1,2,3,4);5*1H2;;/q+2;;;;;;;;;2*-1. The second-order valence-electron chi connectivity index (χ2n) is 1.34. The molecule has 0 radical (unpaired) electrons. The number of hydrogen-bond donors (Lipinski definition) is 6. The van der Waals surface area contributed by atoms with Crippen LogP contribution in [0.15, 0.2) is 0 Å². The van der Waals surface area contributed by atoms with E-state index in [-0.39, 0.29) is 68.0 Å². The minimum Gasteiger partial charge on any atom is -1.00 e. The van der Waals surface area contributed by atoms with Crippen LogP contribution in [0.25, 0.3) is 0 Å². The smallest absolute Gasteiger partial charge is 1.00 e. The average Bonchev–Trinajstić information content (AvgIpc) is 1.41. The van der Waals surface area contributed by atoms with E-state index in [4.69, 9.17) is 52.6 Å². The van der Waals surface area contributed by atoms with Crippen molar-refractivity contribution in [2.75, 3.05) is 0 Å². The van der Waals surface area contributed by atoms with Crippen molar-refractivity contribution in [3.63, 3.8) is 0 Å². The SMILES string of the molecule is O.O.O.O.O.O=S(=O)(O)O.O=S(=O)(O)O.O=S(=O)(O)O.[Ca+2].[H-].[H-]. The molecule has 0 rings (SSSR count). The number of rotatable bonds is 0. The van der Waals surface area contributed by atoms with Crippen molar-refractivity contribution in [3.05, 3.63) is 0 Å². The minimum atomic E-state index is -4.67. The second-order valence-corrected chi connectivity index (χ2v) is 4.03. The van der Waals surface area contributed by atoms with E-state index >= 15 is 0 Å². The first-order chi connectivity index (χ1) is 6.00. The fourth-order valence-corrected chi connectivity index (χ4v) is 0. The Labute approximate surface area is 151 Å². The van der Waals surface area contributed by atoms with E-state index in [0.717, 1.165) is 0 Å². The summed E-state index contributed by atoms with van der Waals surface area (Å²) in [6, 6.07) is 0. The van der Waals surface area contributed by atoms with Crippen molar-refractivity contribution in [2.45, 2.75) is 0 Å². The predicted octanol–water partition coefficient (Wildman–Crippen LogP) is -6.24. The topological polar surface area (TPSA) is 381 Å². The maximum absolute atomic E-state index is 8.74. The molecule has 0 aromatic heterocycles. The van der Waals surface area contributed by atoms with Crippen LogP contribution < -0.4 is 0 Å². The number of hydrogen-bond acceptors (Lipinski definition) is 6. The largest absolute Gasteiger partial charge is 2.00 e. The molecule has 17 nitrogen and oxygen atoms in total. The first-order valence-corrected chi connectivity index (χ1v) is 6.29. The summed E-state index contributed by atoms with van der Waals surface area (Å²) in [6.45, 7) is 0. The molecule has 0 heterocycles. The molecule has 0 aromatic rings. The zero-order valence-corrected chi connectivity index (χ0v) is 14.2. The van der Waals surface area contributed by atoms with Gasteiger partial charge < -0.3 is 30.2 Å². The van der Waals surface area contributed by atoms with Gasteiger partial charge in [0.25, 0.3) is 0 Å². The van der Waals surface area contributed by atoms with Gasteiger partial charge in [-0.1, -0.05) is 0 Å². The van der Waals surface area contributed by atoms with Crippen molar-refractivity contribution >= 4 is 68.9 Å². The fraction of sp³-hybridized carbons (Fsp3) is 0. The zero-order chi connectivity index (χ0) is 13.5. The first-order valence-electron chi connectivity index (χ1n) is 2.10. The molecule has 0 amide bonds. The monoisotopic (exact) mass is 426 g/mol. The van der Waals surface area contributed by atoms with E-state index in [2.05, 4.69) is 0 Å². The first kappa shape index (κ1) is 57.7. The molecule has 0 aliphatic heterocycles. The molecule has 0 saturated carbocycles. The van der Waals surface area contributed by atoms with E-state index in [9.17, 15) is 0 Å². The normalized spacial score (nSPS) is 8.29. The molecule has 0 aliphatic rings. The van der Waals surface area contributed by atoms with Gasteiger partial charge in [0.1, 0.15) is 0 Å². The van der Waals surface area contributed by atoms with Gasteiger partial charge in [0.2, 0.25) is 0 Å². The van der Waals surface area contributed by atoms with Crippen LogP contribution in [0.3, 0.4) is 0 Å². The fourth-order valence-electron chi connectivity index (χ4n) is 0. The summed E-state index contributed by atoms with van der Waals surface area (Å²) in [7, 11) is -14.0. The third kappa shape index (κ3) is 16100. The van der Waals surface area contributed by atoms with Crippen LogP contribution in [0.1, 0.15) is 2.85 Å². The molecule has 0 aromatic carbocycles. The van der Waals surface area contributed by atoms with Crippen molar-refractivity contribution < 1.29 is 82.8 Å². The van der Waals surface area contributed by atoms with E-state index in [1.807, 2.05) is 0 Å². The Bertz CT molecular complexity index is 349. The summed E-state index contributed by atoms with van der Waals surface area (Å²) in [4.78, 5) is 0. The Morgan fingerprint density at radius 1 is 0.429 bits per heavy atom. The van der Waals surface area contributed by atoms with Crippen LogP contribution in [0.5, 0.6) is 0 Å². The summed E-state index contributed by atoms with van der Waals surface area (Å²) in [6.07, 6.45) is 0. The molecule has 0 saturated heterocycles. The summed E-state index contributed by atoms with van der Waals surface area (Å²) >= 11 is 0. The quantitative estimate of drug-likeness (QED) is 0.155. The molecular formula is H18CaO17S3. The van der Waals surface area contributed by atoms with Gasteiger partial charge in [-0.2, -0.15) is 25.3 Å². The molecule has 0 bridgehead atoms. The summed E-state index contributed by atoms with van der Waals surface area (Å²) in [5.74, 6) is 0. The Kier molecular flexibility index (Phi) is 63.0. The molecular weight excluding hydrogens is 408 g/mol. The molecule has 21 heteroatoms. The molecule has 16 N–H and O–H groups in total. The van der Waals surface area contributed by atoms with Crippen LogP contribution in [0.2, 0.25) is 0 Å². The maximum Gasteiger partial charge on any atom is 2.00 e. The Morgan fingerprint density at radius 3 is 0.429 bits per heavy atom. The molecule has 0 fully saturated rings. The van der Waals surface area contributed by atoms with Gasteiger partial charge in [-0.25, -0.2) is 0 Å². The third-order valence-corrected chi connectivity index (χ3v) is 0. The zero-order valence-electron chi connectivity index (χ0n) is 11.6.